The SMILES string of the molecule is O=C1C(F)(F)C(F)(F)OC1(F)C(F)(F)F. The first-order chi connectivity index (χ1) is 6.36. The van der Waals surface area contributed by atoms with Gasteiger partial charge in [-0.1, -0.05) is 0 Å². The van der Waals surface area contributed by atoms with Crippen molar-refractivity contribution < 1.29 is 44.7 Å². The molecule has 0 aromatic carbocycles. The predicted octanol–water partition coefficient (Wildman–Crippen LogP) is 2.04. The number of ketones is 1. The summed E-state index contributed by atoms with van der Waals surface area (Å²) in [5.41, 5.74) is 0. The van der Waals surface area contributed by atoms with Crippen LogP contribution in [0.3, 0.4) is 0 Å². The summed E-state index contributed by atoms with van der Waals surface area (Å²) in [5, 5.41) is 0. The zero-order valence-electron chi connectivity index (χ0n) is 6.34. The fourth-order valence-corrected chi connectivity index (χ4v) is 0.808. The van der Waals surface area contributed by atoms with E-state index < -0.39 is 29.8 Å². The van der Waals surface area contributed by atoms with Crippen LogP contribution in [0.4, 0.5) is 35.1 Å². The second-order valence-electron chi connectivity index (χ2n) is 2.62. The highest BCUT2D eigenvalue weighted by atomic mass is 19.4. The summed E-state index contributed by atoms with van der Waals surface area (Å²) in [6, 6.07) is 0. The molecule has 0 bridgehead atoms. The van der Waals surface area contributed by atoms with E-state index in [0.29, 0.717) is 0 Å². The first kappa shape index (κ1) is 12.1. The van der Waals surface area contributed by atoms with Crippen LogP contribution in [-0.2, 0) is 9.53 Å². The zero-order valence-corrected chi connectivity index (χ0v) is 6.34. The molecule has 0 aromatic heterocycles. The van der Waals surface area contributed by atoms with Gasteiger partial charge in [-0.05, 0) is 0 Å². The second-order valence-corrected chi connectivity index (χ2v) is 2.62. The van der Waals surface area contributed by atoms with Crippen molar-refractivity contribution in [3.05, 3.63) is 0 Å². The van der Waals surface area contributed by atoms with E-state index in [1.54, 1.807) is 0 Å². The molecule has 0 radical (unpaired) electrons. The molecule has 0 aromatic rings. The number of hydrogen-bond donors (Lipinski definition) is 0. The Morgan fingerprint density at radius 2 is 1.40 bits per heavy atom. The van der Waals surface area contributed by atoms with E-state index in [2.05, 4.69) is 4.74 Å². The first-order valence-electron chi connectivity index (χ1n) is 3.12. The Morgan fingerprint density at radius 1 is 1.00 bits per heavy atom. The Kier molecular flexibility index (Phi) is 2.10. The number of alkyl halides is 8. The molecule has 0 aliphatic carbocycles. The van der Waals surface area contributed by atoms with Crippen molar-refractivity contribution in [1.29, 1.82) is 0 Å². The average Bonchev–Trinajstić information content (AvgIpc) is 2.09. The molecule has 1 saturated heterocycles. The maximum absolute atomic E-state index is 12.5. The minimum absolute atomic E-state index is 2.20. The Morgan fingerprint density at radius 3 is 1.53 bits per heavy atom. The fourth-order valence-electron chi connectivity index (χ4n) is 0.808. The largest absolute Gasteiger partial charge is 0.456 e. The Balaban J connectivity index is 3.28. The summed E-state index contributed by atoms with van der Waals surface area (Å²) in [4.78, 5) is 10.2. The molecule has 15 heavy (non-hydrogen) atoms. The first-order valence-corrected chi connectivity index (χ1v) is 3.12. The molecule has 1 atom stereocenters. The van der Waals surface area contributed by atoms with Gasteiger partial charge in [-0.15, -0.1) is 0 Å². The summed E-state index contributed by atoms with van der Waals surface area (Å²) in [6.45, 7) is 0. The third kappa shape index (κ3) is 1.30. The molecule has 1 fully saturated rings. The quantitative estimate of drug-likeness (QED) is 0.609. The van der Waals surface area contributed by atoms with E-state index in [9.17, 15) is 39.9 Å². The van der Waals surface area contributed by atoms with E-state index in [4.69, 9.17) is 0 Å². The van der Waals surface area contributed by atoms with Crippen LogP contribution in [-0.4, -0.2) is 29.8 Å². The molecule has 0 spiro atoms. The highest BCUT2D eigenvalue weighted by Gasteiger charge is 2.85. The van der Waals surface area contributed by atoms with Crippen LogP contribution in [0.25, 0.3) is 0 Å². The summed E-state index contributed by atoms with van der Waals surface area (Å²) in [7, 11) is 0. The van der Waals surface area contributed by atoms with Crippen LogP contribution in [0.2, 0.25) is 0 Å². The molecule has 1 aliphatic rings. The van der Waals surface area contributed by atoms with Gasteiger partial charge in [0.1, 0.15) is 0 Å². The third-order valence-corrected chi connectivity index (χ3v) is 1.58. The molecule has 1 unspecified atom stereocenters. The molecule has 1 heterocycles. The van der Waals surface area contributed by atoms with Gasteiger partial charge in [-0.25, -0.2) is 0 Å². The summed E-state index contributed by atoms with van der Waals surface area (Å²) in [6.07, 6.45) is -12.1. The van der Waals surface area contributed by atoms with E-state index in [-0.39, 0.29) is 0 Å². The minimum Gasteiger partial charge on any atom is -0.286 e. The molecule has 10 heteroatoms. The van der Waals surface area contributed by atoms with Gasteiger partial charge in [-0.3, -0.25) is 9.53 Å². The lowest BCUT2D eigenvalue weighted by Crippen LogP contribution is -2.49. The van der Waals surface area contributed by atoms with Gasteiger partial charge in [-0.2, -0.15) is 35.1 Å². The Hall–Kier alpha value is -0.930. The fraction of sp³-hybridized carbons (Fsp3) is 0.800. The smallest absolute Gasteiger partial charge is 0.286 e. The molecule has 2 nitrogen and oxygen atoms in total. The molecule has 88 valence electrons. The predicted molar refractivity (Wildman–Crippen MR) is 25.9 cm³/mol. The van der Waals surface area contributed by atoms with Gasteiger partial charge in [0.2, 0.25) is 0 Å². The van der Waals surface area contributed by atoms with Crippen molar-refractivity contribution in [1.82, 2.24) is 0 Å². The van der Waals surface area contributed by atoms with Crippen molar-refractivity contribution in [3.8, 4) is 0 Å². The molecule has 0 N–H and O–H groups in total. The number of carbonyl (C=O) groups is 1. The molecule has 1 rings (SSSR count). The van der Waals surface area contributed by atoms with Crippen molar-refractivity contribution in [3.63, 3.8) is 0 Å². The van der Waals surface area contributed by atoms with Gasteiger partial charge in [0.15, 0.2) is 0 Å². The van der Waals surface area contributed by atoms with Gasteiger partial charge in [0.25, 0.3) is 5.78 Å². The van der Waals surface area contributed by atoms with Gasteiger partial charge in [0, 0.05) is 0 Å². The van der Waals surface area contributed by atoms with Crippen molar-refractivity contribution in [2.75, 3.05) is 0 Å². The molecule has 0 amide bonds. The van der Waals surface area contributed by atoms with E-state index >= 15 is 0 Å². The highest BCUT2D eigenvalue weighted by molar-refractivity contribution is 5.95. The van der Waals surface area contributed by atoms with Gasteiger partial charge in [0.05, 0.1) is 0 Å². The molecule has 1 aliphatic heterocycles. The van der Waals surface area contributed by atoms with Crippen LogP contribution >= 0.6 is 0 Å². The lowest BCUT2D eigenvalue weighted by atomic mass is 10.1. The number of halogens is 8. The maximum atomic E-state index is 12.5. The van der Waals surface area contributed by atoms with Gasteiger partial charge < -0.3 is 0 Å². The number of ether oxygens (including phenoxy) is 1. The standard InChI is InChI=1S/C5F8O2/c6-2(7)1(14)3(8,4(9,10)11)15-5(2,12)13. The van der Waals surface area contributed by atoms with Gasteiger partial charge >= 0.3 is 24.1 Å². The van der Waals surface area contributed by atoms with Crippen molar-refractivity contribution >= 4 is 5.78 Å². The second kappa shape index (κ2) is 2.60. The summed E-state index contributed by atoms with van der Waals surface area (Å²) in [5.74, 6) is -15.2. The number of Topliss-reactive ketones (excluding diaryl/α,β-unsaturated/α-hetero) is 1. The van der Waals surface area contributed by atoms with Crippen LogP contribution in [0, 0.1) is 0 Å². The van der Waals surface area contributed by atoms with Crippen LogP contribution in [0.5, 0.6) is 0 Å². The monoisotopic (exact) mass is 244 g/mol. The topological polar surface area (TPSA) is 26.3 Å². The Bertz CT molecular complexity index is 307. The Labute approximate surface area is 75.8 Å². The average molecular weight is 244 g/mol. The maximum Gasteiger partial charge on any atom is 0.456 e. The van der Waals surface area contributed by atoms with Crippen LogP contribution in [0.15, 0.2) is 0 Å². The normalized spacial score (nSPS) is 34.5. The lowest BCUT2D eigenvalue weighted by Gasteiger charge is -2.19. The summed E-state index contributed by atoms with van der Waals surface area (Å²) < 4.78 is 98.3. The van der Waals surface area contributed by atoms with Crippen molar-refractivity contribution in [2.45, 2.75) is 24.1 Å². The zero-order chi connectivity index (χ0) is 12.3. The minimum atomic E-state index is -6.30. The van der Waals surface area contributed by atoms with Crippen LogP contribution in [0.1, 0.15) is 0 Å². The number of hydrogen-bond acceptors (Lipinski definition) is 2. The molecular formula is C5F8O2. The van der Waals surface area contributed by atoms with Crippen LogP contribution < -0.4 is 0 Å². The lowest BCUT2D eigenvalue weighted by molar-refractivity contribution is -0.388. The summed E-state index contributed by atoms with van der Waals surface area (Å²) >= 11 is 0. The van der Waals surface area contributed by atoms with E-state index in [0.717, 1.165) is 0 Å². The number of carbonyl (C=O) groups excluding carboxylic acids is 1. The van der Waals surface area contributed by atoms with E-state index in [1.165, 1.54) is 0 Å². The van der Waals surface area contributed by atoms with E-state index in [1.807, 2.05) is 0 Å². The highest BCUT2D eigenvalue weighted by Crippen LogP contribution is 2.54. The van der Waals surface area contributed by atoms with Crippen molar-refractivity contribution in [2.24, 2.45) is 0 Å². The number of rotatable bonds is 0. The molecular weight excluding hydrogens is 244 g/mol. The third-order valence-electron chi connectivity index (χ3n) is 1.58. The molecule has 0 saturated carbocycles.